The van der Waals surface area contributed by atoms with Crippen molar-refractivity contribution in [2.75, 3.05) is 7.11 Å². The quantitative estimate of drug-likeness (QED) is 0.753. The van der Waals surface area contributed by atoms with Gasteiger partial charge in [-0.1, -0.05) is 13.8 Å². The van der Waals surface area contributed by atoms with E-state index >= 15 is 0 Å². The SMILES string of the molecule is COc1ccc(C(=O)C(C#N)CC(C)C)cc1F. The van der Waals surface area contributed by atoms with Gasteiger partial charge in [-0.2, -0.15) is 5.26 Å². The van der Waals surface area contributed by atoms with Crippen LogP contribution in [0.1, 0.15) is 30.6 Å². The molecule has 0 aliphatic carbocycles. The molecule has 1 aromatic rings. The fourth-order valence-corrected chi connectivity index (χ4v) is 1.71. The van der Waals surface area contributed by atoms with Crippen LogP contribution >= 0.6 is 0 Å². The highest BCUT2D eigenvalue weighted by molar-refractivity contribution is 5.99. The van der Waals surface area contributed by atoms with Gasteiger partial charge in [0, 0.05) is 5.56 Å². The second-order valence-corrected chi connectivity index (χ2v) is 4.52. The van der Waals surface area contributed by atoms with Crippen molar-refractivity contribution < 1.29 is 13.9 Å². The molecule has 0 spiro atoms. The number of methoxy groups -OCH3 is 1. The number of halogens is 1. The van der Waals surface area contributed by atoms with Crippen molar-refractivity contribution in [3.63, 3.8) is 0 Å². The summed E-state index contributed by atoms with van der Waals surface area (Å²) >= 11 is 0. The number of Topliss-reactive ketones (excluding diaryl/α,β-unsaturated/α-hetero) is 1. The van der Waals surface area contributed by atoms with Gasteiger partial charge in [0.1, 0.15) is 5.92 Å². The molecular formula is C14H16FNO2. The van der Waals surface area contributed by atoms with E-state index in [0.717, 1.165) is 6.07 Å². The third-order valence-electron chi connectivity index (χ3n) is 2.62. The number of ether oxygens (including phenoxy) is 1. The molecule has 1 atom stereocenters. The number of nitrogens with zero attached hydrogens (tertiary/aromatic N) is 1. The summed E-state index contributed by atoms with van der Waals surface area (Å²) in [5, 5.41) is 8.99. The van der Waals surface area contributed by atoms with Gasteiger partial charge in [0.05, 0.1) is 13.2 Å². The van der Waals surface area contributed by atoms with Gasteiger partial charge < -0.3 is 4.74 Å². The second-order valence-electron chi connectivity index (χ2n) is 4.52. The van der Waals surface area contributed by atoms with E-state index in [-0.39, 0.29) is 23.0 Å². The van der Waals surface area contributed by atoms with Crippen LogP contribution in [-0.4, -0.2) is 12.9 Å². The lowest BCUT2D eigenvalue weighted by Gasteiger charge is -2.11. The van der Waals surface area contributed by atoms with Gasteiger partial charge in [0.2, 0.25) is 0 Å². The van der Waals surface area contributed by atoms with Crippen LogP contribution in [-0.2, 0) is 0 Å². The Morgan fingerprint density at radius 2 is 2.17 bits per heavy atom. The maximum Gasteiger partial charge on any atom is 0.180 e. The van der Waals surface area contributed by atoms with Crippen LogP contribution in [0.25, 0.3) is 0 Å². The van der Waals surface area contributed by atoms with Crippen molar-refractivity contribution in [2.24, 2.45) is 11.8 Å². The van der Waals surface area contributed by atoms with Gasteiger partial charge in [0.15, 0.2) is 17.3 Å². The Kier molecular flexibility index (Phi) is 4.85. The molecule has 0 aromatic heterocycles. The van der Waals surface area contributed by atoms with Crippen molar-refractivity contribution in [2.45, 2.75) is 20.3 Å². The molecule has 0 N–H and O–H groups in total. The van der Waals surface area contributed by atoms with Crippen LogP contribution < -0.4 is 4.74 Å². The lowest BCUT2D eigenvalue weighted by Crippen LogP contribution is -2.15. The van der Waals surface area contributed by atoms with Gasteiger partial charge in [-0.25, -0.2) is 4.39 Å². The van der Waals surface area contributed by atoms with Gasteiger partial charge in [-0.15, -0.1) is 0 Å². The molecule has 0 aliphatic heterocycles. The first-order chi connectivity index (χ1) is 8.49. The minimum Gasteiger partial charge on any atom is -0.494 e. The number of carbonyl (C=O) groups is 1. The molecule has 1 unspecified atom stereocenters. The lowest BCUT2D eigenvalue weighted by atomic mass is 9.91. The van der Waals surface area contributed by atoms with Crippen LogP contribution in [0.2, 0.25) is 0 Å². The molecule has 0 heterocycles. The number of nitriles is 1. The largest absolute Gasteiger partial charge is 0.494 e. The summed E-state index contributed by atoms with van der Waals surface area (Å²) in [5.41, 5.74) is 0.209. The first kappa shape index (κ1) is 14.2. The molecule has 3 nitrogen and oxygen atoms in total. The first-order valence-electron chi connectivity index (χ1n) is 5.77. The third kappa shape index (κ3) is 3.30. The van der Waals surface area contributed by atoms with E-state index in [0.29, 0.717) is 6.42 Å². The number of benzene rings is 1. The minimum atomic E-state index is -0.724. The Bertz CT molecular complexity index is 477. The summed E-state index contributed by atoms with van der Waals surface area (Å²) in [4.78, 5) is 12.0. The standard InChI is InChI=1S/C14H16FNO2/c1-9(2)6-11(8-16)14(17)10-4-5-13(18-3)12(15)7-10/h4-5,7,9,11H,6H2,1-3H3. The van der Waals surface area contributed by atoms with Crippen LogP contribution in [0.15, 0.2) is 18.2 Å². The van der Waals surface area contributed by atoms with Crippen LogP contribution in [0.5, 0.6) is 5.75 Å². The number of hydrogen-bond acceptors (Lipinski definition) is 3. The summed E-state index contributed by atoms with van der Waals surface area (Å²) in [6.07, 6.45) is 0.475. The Hall–Kier alpha value is -1.89. The van der Waals surface area contributed by atoms with Crippen molar-refractivity contribution in [1.82, 2.24) is 0 Å². The zero-order valence-corrected chi connectivity index (χ0v) is 10.7. The van der Waals surface area contributed by atoms with Crippen LogP contribution in [0.3, 0.4) is 0 Å². The number of carbonyl (C=O) groups excluding carboxylic acids is 1. The van der Waals surface area contributed by atoms with Crippen molar-refractivity contribution >= 4 is 5.78 Å². The van der Waals surface area contributed by atoms with Gasteiger partial charge in [-0.3, -0.25) is 4.79 Å². The van der Waals surface area contributed by atoms with Gasteiger partial charge >= 0.3 is 0 Å². The lowest BCUT2D eigenvalue weighted by molar-refractivity contribution is 0.0936. The predicted molar refractivity (Wildman–Crippen MR) is 65.8 cm³/mol. The Morgan fingerprint density at radius 1 is 1.50 bits per heavy atom. The van der Waals surface area contributed by atoms with E-state index in [2.05, 4.69) is 0 Å². The highest BCUT2D eigenvalue weighted by Gasteiger charge is 2.21. The van der Waals surface area contributed by atoms with E-state index < -0.39 is 11.7 Å². The molecule has 0 saturated heterocycles. The van der Waals surface area contributed by atoms with Crippen molar-refractivity contribution in [3.8, 4) is 11.8 Å². The fourth-order valence-electron chi connectivity index (χ4n) is 1.71. The summed E-state index contributed by atoms with van der Waals surface area (Å²) < 4.78 is 18.3. The molecule has 96 valence electrons. The summed E-state index contributed by atoms with van der Waals surface area (Å²) in [6.45, 7) is 3.87. The normalized spacial score (nSPS) is 12.0. The number of ketones is 1. The molecule has 4 heteroatoms. The fraction of sp³-hybridized carbons (Fsp3) is 0.429. The highest BCUT2D eigenvalue weighted by Crippen LogP contribution is 2.22. The zero-order chi connectivity index (χ0) is 13.7. The van der Waals surface area contributed by atoms with E-state index in [1.54, 1.807) is 0 Å². The van der Waals surface area contributed by atoms with Gasteiger partial charge in [0.25, 0.3) is 0 Å². The Labute approximate surface area is 106 Å². The molecule has 0 fully saturated rings. The molecule has 0 aliphatic rings. The smallest absolute Gasteiger partial charge is 0.180 e. The van der Waals surface area contributed by atoms with Crippen molar-refractivity contribution in [3.05, 3.63) is 29.6 Å². The molecule has 0 radical (unpaired) electrons. The second kappa shape index (κ2) is 6.15. The molecule has 1 rings (SSSR count). The molecule has 1 aromatic carbocycles. The maximum absolute atomic E-state index is 13.5. The monoisotopic (exact) mass is 249 g/mol. The van der Waals surface area contributed by atoms with Gasteiger partial charge in [-0.05, 0) is 30.5 Å². The Balaban J connectivity index is 2.96. The molecule has 0 bridgehead atoms. The molecular weight excluding hydrogens is 233 g/mol. The number of rotatable bonds is 5. The molecule has 0 amide bonds. The van der Waals surface area contributed by atoms with Crippen molar-refractivity contribution in [1.29, 1.82) is 5.26 Å². The average Bonchev–Trinajstić information content (AvgIpc) is 2.34. The first-order valence-corrected chi connectivity index (χ1v) is 5.77. The topological polar surface area (TPSA) is 50.1 Å². The zero-order valence-electron chi connectivity index (χ0n) is 10.7. The third-order valence-corrected chi connectivity index (χ3v) is 2.62. The molecule has 0 saturated carbocycles. The predicted octanol–water partition coefficient (Wildman–Crippen LogP) is 3.20. The number of hydrogen-bond donors (Lipinski definition) is 0. The van der Waals surface area contributed by atoms with E-state index in [9.17, 15) is 9.18 Å². The van der Waals surface area contributed by atoms with E-state index in [1.165, 1.54) is 19.2 Å². The molecule has 18 heavy (non-hydrogen) atoms. The highest BCUT2D eigenvalue weighted by atomic mass is 19.1. The Morgan fingerprint density at radius 3 is 2.61 bits per heavy atom. The summed E-state index contributed by atoms with van der Waals surface area (Å²) in [7, 11) is 1.36. The van der Waals surface area contributed by atoms with Crippen LogP contribution in [0.4, 0.5) is 4.39 Å². The summed E-state index contributed by atoms with van der Waals surface area (Å²) in [6, 6.07) is 5.97. The minimum absolute atomic E-state index is 0.0870. The average molecular weight is 249 g/mol. The van der Waals surface area contributed by atoms with Crippen LogP contribution in [0, 0.1) is 29.0 Å². The van der Waals surface area contributed by atoms with E-state index in [4.69, 9.17) is 10.00 Å². The summed E-state index contributed by atoms with van der Waals surface area (Å²) in [5.74, 6) is -1.33. The van der Waals surface area contributed by atoms with E-state index in [1.807, 2.05) is 19.9 Å². The maximum atomic E-state index is 13.5.